The predicted molar refractivity (Wildman–Crippen MR) is 114 cm³/mol. The summed E-state index contributed by atoms with van der Waals surface area (Å²) in [4.78, 5) is 26.0. The number of rotatable bonds is 3. The fourth-order valence-electron chi connectivity index (χ4n) is 3.01. The molecule has 1 aromatic heterocycles. The number of anilines is 1. The smallest absolute Gasteiger partial charge is 0.279 e. The standard InChI is InChI=1S/C22H16BrN3O2/c1-14-11-12-15(23)13-19(14)24-21(27)20-17-9-5-6-10-18(17)22(28)26(25-20)16-7-3-2-4-8-16/h2-13H,1H3,(H,24,27). The first-order chi connectivity index (χ1) is 13.5. The predicted octanol–water partition coefficient (Wildman–Crippen LogP) is 4.71. The lowest BCUT2D eigenvalue weighted by molar-refractivity contribution is 0.102. The van der Waals surface area contributed by atoms with E-state index >= 15 is 0 Å². The molecule has 0 bridgehead atoms. The SMILES string of the molecule is Cc1ccc(Br)cc1NC(=O)c1nn(-c2ccccc2)c(=O)c2ccccc12. The molecule has 28 heavy (non-hydrogen) atoms. The Bertz CT molecular complexity index is 1250. The van der Waals surface area contributed by atoms with Crippen molar-refractivity contribution >= 4 is 38.3 Å². The summed E-state index contributed by atoms with van der Waals surface area (Å²) in [5.74, 6) is -0.373. The highest BCUT2D eigenvalue weighted by atomic mass is 79.9. The van der Waals surface area contributed by atoms with Crippen molar-refractivity contribution in [3.05, 3.63) is 98.9 Å². The molecule has 1 heterocycles. The molecular weight excluding hydrogens is 418 g/mol. The number of benzene rings is 3. The molecule has 0 atom stereocenters. The Morgan fingerprint density at radius 3 is 2.39 bits per heavy atom. The Morgan fingerprint density at radius 1 is 0.964 bits per heavy atom. The van der Waals surface area contributed by atoms with E-state index in [1.807, 2.05) is 43.3 Å². The van der Waals surface area contributed by atoms with Gasteiger partial charge in [0.05, 0.1) is 11.1 Å². The first-order valence-electron chi connectivity index (χ1n) is 8.69. The molecule has 5 nitrogen and oxygen atoms in total. The van der Waals surface area contributed by atoms with Crippen LogP contribution in [0.2, 0.25) is 0 Å². The van der Waals surface area contributed by atoms with Crippen molar-refractivity contribution < 1.29 is 4.79 Å². The summed E-state index contributed by atoms with van der Waals surface area (Å²) < 4.78 is 2.13. The summed E-state index contributed by atoms with van der Waals surface area (Å²) in [5.41, 5.74) is 2.14. The molecule has 0 aliphatic heterocycles. The van der Waals surface area contributed by atoms with Gasteiger partial charge >= 0.3 is 0 Å². The van der Waals surface area contributed by atoms with Gasteiger partial charge in [0.2, 0.25) is 0 Å². The molecule has 0 spiro atoms. The van der Waals surface area contributed by atoms with Crippen LogP contribution < -0.4 is 10.9 Å². The van der Waals surface area contributed by atoms with Crippen LogP contribution in [0.1, 0.15) is 16.1 Å². The third-order valence-electron chi connectivity index (χ3n) is 4.47. The van der Waals surface area contributed by atoms with Crippen LogP contribution in [0.3, 0.4) is 0 Å². The summed E-state index contributed by atoms with van der Waals surface area (Å²) in [6, 6.07) is 21.7. The molecule has 4 rings (SSSR count). The second kappa shape index (κ2) is 7.40. The number of nitrogens with zero attached hydrogens (tertiary/aromatic N) is 2. The molecular formula is C22H16BrN3O2. The molecule has 0 unspecified atom stereocenters. The quantitative estimate of drug-likeness (QED) is 0.508. The van der Waals surface area contributed by atoms with E-state index in [1.165, 1.54) is 4.68 Å². The minimum absolute atomic E-state index is 0.193. The fourth-order valence-corrected chi connectivity index (χ4v) is 3.37. The monoisotopic (exact) mass is 433 g/mol. The Labute approximate surface area is 169 Å². The average molecular weight is 434 g/mol. The maximum atomic E-state index is 13.1. The second-order valence-corrected chi connectivity index (χ2v) is 7.28. The summed E-state index contributed by atoms with van der Waals surface area (Å²) in [6.07, 6.45) is 0. The molecule has 0 aliphatic carbocycles. The van der Waals surface area contributed by atoms with Gasteiger partial charge in [-0.25, -0.2) is 0 Å². The number of aryl methyl sites for hydroxylation is 1. The number of aromatic nitrogens is 2. The number of amides is 1. The zero-order valence-electron chi connectivity index (χ0n) is 15.0. The average Bonchev–Trinajstić information content (AvgIpc) is 2.72. The number of fused-ring (bicyclic) bond motifs is 1. The third-order valence-corrected chi connectivity index (χ3v) is 4.96. The van der Waals surface area contributed by atoms with Gasteiger partial charge in [-0.15, -0.1) is 0 Å². The fraction of sp³-hybridized carbons (Fsp3) is 0.0455. The van der Waals surface area contributed by atoms with Gasteiger partial charge in [0.1, 0.15) is 0 Å². The van der Waals surface area contributed by atoms with E-state index in [0.717, 1.165) is 10.0 Å². The molecule has 1 N–H and O–H groups in total. The lowest BCUT2D eigenvalue weighted by atomic mass is 10.1. The number of carbonyl (C=O) groups excluding carboxylic acids is 1. The highest BCUT2D eigenvalue weighted by molar-refractivity contribution is 9.10. The van der Waals surface area contributed by atoms with Crippen LogP contribution in [0.25, 0.3) is 16.5 Å². The summed E-state index contributed by atoms with van der Waals surface area (Å²) >= 11 is 3.42. The minimum Gasteiger partial charge on any atom is -0.320 e. The number of nitrogens with one attached hydrogen (secondary N) is 1. The van der Waals surface area contributed by atoms with Crippen LogP contribution in [0.15, 0.2) is 82.1 Å². The molecule has 3 aromatic carbocycles. The Hall–Kier alpha value is -3.25. The Balaban J connectivity index is 1.88. The lowest BCUT2D eigenvalue weighted by Gasteiger charge is -2.12. The number of hydrogen-bond donors (Lipinski definition) is 1. The first-order valence-corrected chi connectivity index (χ1v) is 9.49. The van der Waals surface area contributed by atoms with Crippen molar-refractivity contribution in [2.45, 2.75) is 6.92 Å². The van der Waals surface area contributed by atoms with Crippen molar-refractivity contribution in [3.8, 4) is 5.69 Å². The van der Waals surface area contributed by atoms with Gasteiger partial charge in [0, 0.05) is 15.5 Å². The normalized spacial score (nSPS) is 10.8. The van der Waals surface area contributed by atoms with Crippen molar-refractivity contribution in [1.29, 1.82) is 0 Å². The molecule has 1 amide bonds. The first kappa shape index (κ1) is 18.1. The molecule has 138 valence electrons. The van der Waals surface area contributed by atoms with Gasteiger partial charge in [0.25, 0.3) is 11.5 Å². The van der Waals surface area contributed by atoms with Gasteiger partial charge in [0.15, 0.2) is 5.69 Å². The van der Waals surface area contributed by atoms with Gasteiger partial charge in [-0.2, -0.15) is 9.78 Å². The van der Waals surface area contributed by atoms with Crippen LogP contribution in [0.5, 0.6) is 0 Å². The zero-order chi connectivity index (χ0) is 19.7. The van der Waals surface area contributed by atoms with Crippen molar-refractivity contribution in [3.63, 3.8) is 0 Å². The number of para-hydroxylation sites is 1. The summed E-state index contributed by atoms with van der Waals surface area (Å²) in [6.45, 7) is 1.92. The zero-order valence-corrected chi connectivity index (χ0v) is 16.6. The van der Waals surface area contributed by atoms with Crippen molar-refractivity contribution in [2.24, 2.45) is 0 Å². The largest absolute Gasteiger partial charge is 0.320 e. The van der Waals surface area contributed by atoms with E-state index in [-0.39, 0.29) is 17.2 Å². The van der Waals surface area contributed by atoms with E-state index < -0.39 is 0 Å². The summed E-state index contributed by atoms with van der Waals surface area (Å²) in [5, 5.41) is 8.27. The van der Waals surface area contributed by atoms with Crippen LogP contribution >= 0.6 is 15.9 Å². The topological polar surface area (TPSA) is 64.0 Å². The Morgan fingerprint density at radius 2 is 1.64 bits per heavy atom. The van der Waals surface area contributed by atoms with E-state index in [4.69, 9.17) is 0 Å². The number of halogens is 1. The van der Waals surface area contributed by atoms with E-state index in [2.05, 4.69) is 26.3 Å². The maximum Gasteiger partial charge on any atom is 0.279 e. The maximum absolute atomic E-state index is 13.1. The van der Waals surface area contributed by atoms with Crippen LogP contribution in [0, 0.1) is 6.92 Å². The molecule has 0 saturated heterocycles. The third kappa shape index (κ3) is 3.34. The van der Waals surface area contributed by atoms with Gasteiger partial charge in [-0.05, 0) is 42.8 Å². The van der Waals surface area contributed by atoms with Gasteiger partial charge in [-0.3, -0.25) is 9.59 Å². The van der Waals surface area contributed by atoms with Crippen LogP contribution in [-0.2, 0) is 0 Å². The molecule has 6 heteroatoms. The summed E-state index contributed by atoms with van der Waals surface area (Å²) in [7, 11) is 0. The molecule has 0 aliphatic rings. The van der Waals surface area contributed by atoms with Crippen molar-refractivity contribution in [1.82, 2.24) is 9.78 Å². The lowest BCUT2D eigenvalue weighted by Crippen LogP contribution is -2.26. The van der Waals surface area contributed by atoms with Crippen LogP contribution in [0.4, 0.5) is 5.69 Å². The minimum atomic E-state index is -0.373. The molecule has 0 saturated carbocycles. The Kier molecular flexibility index (Phi) is 4.79. The van der Waals surface area contributed by atoms with Crippen molar-refractivity contribution in [2.75, 3.05) is 5.32 Å². The van der Waals surface area contributed by atoms with Gasteiger partial charge in [-0.1, -0.05) is 58.4 Å². The van der Waals surface area contributed by atoms with E-state index in [9.17, 15) is 9.59 Å². The molecule has 4 aromatic rings. The molecule has 0 fully saturated rings. The number of hydrogen-bond acceptors (Lipinski definition) is 3. The highest BCUT2D eigenvalue weighted by Crippen LogP contribution is 2.22. The van der Waals surface area contributed by atoms with Gasteiger partial charge < -0.3 is 5.32 Å². The molecule has 0 radical (unpaired) electrons. The van der Waals surface area contributed by atoms with E-state index in [1.54, 1.807) is 36.4 Å². The number of carbonyl (C=O) groups is 1. The van der Waals surface area contributed by atoms with E-state index in [0.29, 0.717) is 22.1 Å². The highest BCUT2D eigenvalue weighted by Gasteiger charge is 2.18. The second-order valence-electron chi connectivity index (χ2n) is 6.36. The van der Waals surface area contributed by atoms with Crippen LogP contribution in [-0.4, -0.2) is 15.7 Å².